The topological polar surface area (TPSA) is 58.6 Å². The molecule has 1 saturated carbocycles. The predicted octanol–water partition coefficient (Wildman–Crippen LogP) is 3.10. The Balaban J connectivity index is 1.70. The molecule has 0 radical (unpaired) electrons. The van der Waals surface area contributed by atoms with Crippen molar-refractivity contribution >= 4 is 6.09 Å². The van der Waals surface area contributed by atoms with Gasteiger partial charge < -0.3 is 15.2 Å². The number of aliphatic hydroxyl groups excluding tert-OH is 1. The van der Waals surface area contributed by atoms with E-state index in [1.807, 2.05) is 37.3 Å². The lowest BCUT2D eigenvalue weighted by molar-refractivity contribution is 0.122. The summed E-state index contributed by atoms with van der Waals surface area (Å²) in [5.74, 6) is 0.926. The Morgan fingerprint density at radius 3 is 2.57 bits per heavy atom. The number of carbonyl (C=O) groups excluding carboxylic acids is 1. The minimum absolute atomic E-state index is 0.118. The molecule has 4 heteroatoms. The van der Waals surface area contributed by atoms with Crippen LogP contribution in [0.2, 0.25) is 0 Å². The molecule has 0 spiro atoms. The summed E-state index contributed by atoms with van der Waals surface area (Å²) < 4.78 is 5.24. The first-order chi connectivity index (χ1) is 10.2. The molecule has 0 aliphatic heterocycles. The zero-order valence-corrected chi connectivity index (χ0v) is 12.6. The van der Waals surface area contributed by atoms with Crippen LogP contribution in [-0.2, 0) is 11.3 Å². The number of aliphatic hydroxyl groups is 1. The van der Waals surface area contributed by atoms with Crippen LogP contribution in [0.1, 0.15) is 38.2 Å². The van der Waals surface area contributed by atoms with Crippen LogP contribution < -0.4 is 5.32 Å². The zero-order chi connectivity index (χ0) is 15.1. The quantitative estimate of drug-likeness (QED) is 0.876. The summed E-state index contributed by atoms with van der Waals surface area (Å²) in [6.07, 6.45) is 3.87. The number of amides is 1. The number of hydrogen-bond acceptors (Lipinski definition) is 3. The van der Waals surface area contributed by atoms with E-state index in [0.29, 0.717) is 18.4 Å². The van der Waals surface area contributed by atoms with E-state index in [1.165, 1.54) is 0 Å². The third kappa shape index (κ3) is 5.05. The average Bonchev–Trinajstić information content (AvgIpc) is 2.54. The number of ether oxygens (including phenoxy) is 1. The van der Waals surface area contributed by atoms with Crippen LogP contribution in [-0.4, -0.2) is 23.8 Å². The first-order valence-electron chi connectivity index (χ1n) is 7.77. The van der Waals surface area contributed by atoms with Gasteiger partial charge in [-0.05, 0) is 50.0 Å². The molecule has 21 heavy (non-hydrogen) atoms. The van der Waals surface area contributed by atoms with Crippen LogP contribution in [0.25, 0.3) is 0 Å². The number of alkyl carbamates (subject to hydrolysis) is 1. The second kappa shape index (κ2) is 8.03. The average molecular weight is 291 g/mol. The molecule has 1 aliphatic carbocycles. The summed E-state index contributed by atoms with van der Waals surface area (Å²) in [6, 6.07) is 9.79. The molecule has 116 valence electrons. The Morgan fingerprint density at radius 2 is 1.95 bits per heavy atom. The number of nitrogens with one attached hydrogen (secondary N) is 1. The fraction of sp³-hybridized carbons (Fsp3) is 0.588. The van der Waals surface area contributed by atoms with Crippen molar-refractivity contribution in [3.63, 3.8) is 0 Å². The maximum atomic E-state index is 11.8. The number of rotatable bonds is 5. The highest BCUT2D eigenvalue weighted by atomic mass is 16.5. The summed E-state index contributed by atoms with van der Waals surface area (Å²) in [6.45, 7) is 2.62. The molecule has 0 heterocycles. The van der Waals surface area contributed by atoms with E-state index >= 15 is 0 Å². The van der Waals surface area contributed by atoms with Crippen molar-refractivity contribution in [3.8, 4) is 0 Å². The molecule has 0 saturated heterocycles. The van der Waals surface area contributed by atoms with Crippen molar-refractivity contribution in [2.45, 2.75) is 45.3 Å². The lowest BCUT2D eigenvalue weighted by atomic mass is 9.79. The molecule has 1 aliphatic rings. The van der Waals surface area contributed by atoms with E-state index in [4.69, 9.17) is 9.84 Å². The molecule has 1 fully saturated rings. The van der Waals surface area contributed by atoms with Gasteiger partial charge in [0.25, 0.3) is 0 Å². The Kier molecular flexibility index (Phi) is 6.05. The van der Waals surface area contributed by atoms with Crippen LogP contribution in [0, 0.1) is 11.8 Å². The fourth-order valence-electron chi connectivity index (χ4n) is 2.94. The SMILES string of the molecule is C[C@@H](NC(=O)OCc1ccccc1)C1CCC(CO)CC1. The van der Waals surface area contributed by atoms with Crippen LogP contribution in [0.5, 0.6) is 0 Å². The smallest absolute Gasteiger partial charge is 0.407 e. The molecule has 0 unspecified atom stereocenters. The standard InChI is InChI=1S/C17H25NO3/c1-13(16-9-7-14(11-19)8-10-16)18-17(20)21-12-15-5-3-2-4-6-15/h2-6,13-14,16,19H,7-12H2,1H3,(H,18,20)/t13-,14?,16?/m1/s1. The highest BCUT2D eigenvalue weighted by Gasteiger charge is 2.25. The molecule has 1 aromatic carbocycles. The minimum Gasteiger partial charge on any atom is -0.445 e. The molecule has 0 bridgehead atoms. The molecule has 2 rings (SSSR count). The molecule has 1 aromatic rings. The summed E-state index contributed by atoms with van der Waals surface area (Å²) in [5.41, 5.74) is 0.990. The summed E-state index contributed by atoms with van der Waals surface area (Å²) in [5, 5.41) is 12.1. The highest BCUT2D eigenvalue weighted by molar-refractivity contribution is 5.67. The van der Waals surface area contributed by atoms with E-state index in [2.05, 4.69) is 5.32 Å². The molecule has 1 amide bonds. The Morgan fingerprint density at radius 1 is 1.29 bits per heavy atom. The van der Waals surface area contributed by atoms with Gasteiger partial charge in [0.1, 0.15) is 6.61 Å². The normalized spacial score (nSPS) is 23.3. The van der Waals surface area contributed by atoms with Gasteiger partial charge in [-0.15, -0.1) is 0 Å². The van der Waals surface area contributed by atoms with Gasteiger partial charge in [-0.3, -0.25) is 0 Å². The number of benzene rings is 1. The van der Waals surface area contributed by atoms with Gasteiger partial charge in [-0.25, -0.2) is 4.79 Å². The van der Waals surface area contributed by atoms with Crippen molar-refractivity contribution in [3.05, 3.63) is 35.9 Å². The van der Waals surface area contributed by atoms with Crippen molar-refractivity contribution in [2.75, 3.05) is 6.61 Å². The van der Waals surface area contributed by atoms with E-state index < -0.39 is 0 Å². The third-order valence-corrected chi connectivity index (χ3v) is 4.41. The van der Waals surface area contributed by atoms with Crippen molar-refractivity contribution in [2.24, 2.45) is 11.8 Å². The summed E-state index contributed by atoms with van der Waals surface area (Å²) in [4.78, 5) is 11.8. The highest BCUT2D eigenvalue weighted by Crippen LogP contribution is 2.30. The van der Waals surface area contributed by atoms with Crippen LogP contribution in [0.15, 0.2) is 30.3 Å². The van der Waals surface area contributed by atoms with Crippen LogP contribution >= 0.6 is 0 Å². The maximum Gasteiger partial charge on any atom is 0.407 e. The third-order valence-electron chi connectivity index (χ3n) is 4.41. The van der Waals surface area contributed by atoms with E-state index in [1.54, 1.807) is 0 Å². The van der Waals surface area contributed by atoms with Gasteiger partial charge in [-0.2, -0.15) is 0 Å². The van der Waals surface area contributed by atoms with E-state index in [-0.39, 0.29) is 18.7 Å². The lowest BCUT2D eigenvalue weighted by Crippen LogP contribution is -2.40. The monoisotopic (exact) mass is 291 g/mol. The van der Waals surface area contributed by atoms with E-state index in [0.717, 1.165) is 31.2 Å². The Labute approximate surface area is 126 Å². The van der Waals surface area contributed by atoms with Gasteiger partial charge in [0.15, 0.2) is 0 Å². The lowest BCUT2D eigenvalue weighted by Gasteiger charge is -2.31. The summed E-state index contributed by atoms with van der Waals surface area (Å²) >= 11 is 0. The van der Waals surface area contributed by atoms with Crippen molar-refractivity contribution in [1.82, 2.24) is 5.32 Å². The van der Waals surface area contributed by atoms with E-state index in [9.17, 15) is 4.79 Å². The Hall–Kier alpha value is -1.55. The largest absolute Gasteiger partial charge is 0.445 e. The van der Waals surface area contributed by atoms with Gasteiger partial charge in [-0.1, -0.05) is 30.3 Å². The van der Waals surface area contributed by atoms with Crippen molar-refractivity contribution in [1.29, 1.82) is 0 Å². The molecule has 2 N–H and O–H groups in total. The Bertz CT molecular complexity index is 427. The fourth-order valence-corrected chi connectivity index (χ4v) is 2.94. The van der Waals surface area contributed by atoms with Gasteiger partial charge in [0.05, 0.1) is 0 Å². The second-order valence-electron chi connectivity index (χ2n) is 5.96. The molecular weight excluding hydrogens is 266 g/mol. The molecule has 4 nitrogen and oxygen atoms in total. The number of hydrogen-bond donors (Lipinski definition) is 2. The first kappa shape index (κ1) is 15.8. The number of carbonyl (C=O) groups is 1. The molecule has 1 atom stereocenters. The maximum absolute atomic E-state index is 11.8. The van der Waals surface area contributed by atoms with Crippen molar-refractivity contribution < 1.29 is 14.6 Å². The van der Waals surface area contributed by atoms with Gasteiger partial charge in [0.2, 0.25) is 0 Å². The second-order valence-corrected chi connectivity index (χ2v) is 5.96. The minimum atomic E-state index is -0.351. The molecule has 0 aromatic heterocycles. The molecular formula is C17H25NO3. The van der Waals surface area contributed by atoms with Gasteiger partial charge >= 0.3 is 6.09 Å². The zero-order valence-electron chi connectivity index (χ0n) is 12.6. The van der Waals surface area contributed by atoms with Gasteiger partial charge in [0, 0.05) is 12.6 Å². The predicted molar refractivity (Wildman–Crippen MR) is 81.8 cm³/mol. The van der Waals surface area contributed by atoms with Crippen LogP contribution in [0.4, 0.5) is 4.79 Å². The summed E-state index contributed by atoms with van der Waals surface area (Å²) in [7, 11) is 0. The van der Waals surface area contributed by atoms with Crippen LogP contribution in [0.3, 0.4) is 0 Å². The first-order valence-corrected chi connectivity index (χ1v) is 7.77.